The van der Waals surface area contributed by atoms with Gasteiger partial charge in [0.05, 0.1) is 0 Å². The van der Waals surface area contributed by atoms with Crippen LogP contribution < -0.4 is 5.32 Å². The Morgan fingerprint density at radius 2 is 1.85 bits per heavy atom. The second-order valence-corrected chi connectivity index (χ2v) is 6.64. The van der Waals surface area contributed by atoms with E-state index in [0.717, 1.165) is 25.7 Å². The van der Waals surface area contributed by atoms with E-state index in [0.29, 0.717) is 18.4 Å². The van der Waals surface area contributed by atoms with Crippen LogP contribution in [0.4, 0.5) is 6.01 Å². The van der Waals surface area contributed by atoms with Crippen LogP contribution in [0.1, 0.15) is 72.0 Å². The zero-order chi connectivity index (χ0) is 14.6. The highest BCUT2D eigenvalue weighted by atomic mass is 16.5. The van der Waals surface area contributed by atoms with Crippen molar-refractivity contribution < 1.29 is 9.26 Å². The minimum absolute atomic E-state index is 0.0912. The van der Waals surface area contributed by atoms with Gasteiger partial charge < -0.3 is 14.6 Å². The molecule has 1 heterocycles. The van der Waals surface area contributed by atoms with Crippen LogP contribution in [-0.2, 0) is 10.3 Å². The van der Waals surface area contributed by atoms with Gasteiger partial charge in [-0.3, -0.25) is 0 Å². The topological polar surface area (TPSA) is 60.2 Å². The second kappa shape index (κ2) is 6.12. The molecule has 114 valence electrons. The molecule has 0 amide bonds. The van der Waals surface area contributed by atoms with Crippen LogP contribution in [0.5, 0.6) is 0 Å². The molecule has 0 aromatic carbocycles. The zero-order valence-corrected chi connectivity index (χ0v) is 13.2. The molecule has 5 heteroatoms. The first-order valence-corrected chi connectivity index (χ1v) is 7.71. The van der Waals surface area contributed by atoms with E-state index in [1.165, 1.54) is 12.8 Å². The summed E-state index contributed by atoms with van der Waals surface area (Å²) in [7, 11) is 0. The van der Waals surface area contributed by atoms with Crippen LogP contribution in [0.25, 0.3) is 0 Å². The van der Waals surface area contributed by atoms with E-state index >= 15 is 0 Å². The largest absolute Gasteiger partial charge is 0.367 e. The molecule has 0 spiro atoms. The van der Waals surface area contributed by atoms with Gasteiger partial charge in [-0.25, -0.2) is 0 Å². The first-order chi connectivity index (χ1) is 9.45. The highest BCUT2D eigenvalue weighted by Gasteiger charge is 2.38. The zero-order valence-electron chi connectivity index (χ0n) is 13.2. The lowest BCUT2D eigenvalue weighted by Gasteiger charge is -2.29. The highest BCUT2D eigenvalue weighted by Crippen LogP contribution is 2.38. The maximum Gasteiger partial charge on any atom is 0.321 e. The second-order valence-electron chi connectivity index (χ2n) is 6.64. The van der Waals surface area contributed by atoms with Crippen molar-refractivity contribution in [3.63, 3.8) is 0 Å². The standard InChI is InChI=1S/C15H27N3O2/c1-5-19-15(10-8-6-7-9-11-15)12-16-13(20-18-12)17-14(2,3)4/h5-11H2,1-4H3,(H,16,17,18). The minimum Gasteiger partial charge on any atom is -0.367 e. The van der Waals surface area contributed by atoms with E-state index in [9.17, 15) is 0 Å². The van der Waals surface area contributed by atoms with Crippen molar-refractivity contribution >= 4 is 6.01 Å². The molecule has 0 atom stereocenters. The third-order valence-electron chi connectivity index (χ3n) is 3.65. The Hall–Kier alpha value is -1.10. The number of nitrogens with one attached hydrogen (secondary N) is 1. The lowest BCUT2D eigenvalue weighted by Crippen LogP contribution is -2.31. The number of hydrogen-bond acceptors (Lipinski definition) is 5. The van der Waals surface area contributed by atoms with Crippen molar-refractivity contribution in [2.24, 2.45) is 0 Å². The summed E-state index contributed by atoms with van der Waals surface area (Å²) >= 11 is 0. The number of anilines is 1. The van der Waals surface area contributed by atoms with Crippen LogP contribution >= 0.6 is 0 Å². The summed E-state index contributed by atoms with van der Waals surface area (Å²) in [6.07, 6.45) is 6.82. The Labute approximate surface area is 121 Å². The van der Waals surface area contributed by atoms with Gasteiger partial charge in [0.2, 0.25) is 5.82 Å². The number of rotatable bonds is 4. The summed E-state index contributed by atoms with van der Waals surface area (Å²) < 4.78 is 11.4. The molecule has 0 saturated heterocycles. The Kier molecular flexibility index (Phi) is 4.68. The molecule has 0 bridgehead atoms. The Morgan fingerprint density at radius 3 is 2.40 bits per heavy atom. The first-order valence-electron chi connectivity index (χ1n) is 7.71. The summed E-state index contributed by atoms with van der Waals surface area (Å²) in [5.74, 6) is 0.702. The molecule has 1 fully saturated rings. The van der Waals surface area contributed by atoms with Crippen molar-refractivity contribution in [3.8, 4) is 0 Å². The molecule has 1 aliphatic carbocycles. The van der Waals surface area contributed by atoms with Gasteiger partial charge in [-0.05, 0) is 40.5 Å². The van der Waals surface area contributed by atoms with E-state index in [1.54, 1.807) is 0 Å². The molecular formula is C15H27N3O2. The third kappa shape index (κ3) is 3.72. The van der Waals surface area contributed by atoms with Crippen molar-refractivity contribution in [1.82, 2.24) is 10.1 Å². The summed E-state index contributed by atoms with van der Waals surface area (Å²) in [6.45, 7) is 8.92. The molecule has 1 aromatic heterocycles. The van der Waals surface area contributed by atoms with E-state index < -0.39 is 0 Å². The van der Waals surface area contributed by atoms with Crippen LogP contribution in [0.3, 0.4) is 0 Å². The van der Waals surface area contributed by atoms with Gasteiger partial charge in [0.15, 0.2) is 0 Å². The summed E-state index contributed by atoms with van der Waals surface area (Å²) in [5.41, 5.74) is -0.446. The van der Waals surface area contributed by atoms with Crippen molar-refractivity contribution in [2.75, 3.05) is 11.9 Å². The van der Waals surface area contributed by atoms with E-state index in [-0.39, 0.29) is 11.1 Å². The maximum absolute atomic E-state index is 6.07. The molecule has 0 aliphatic heterocycles. The van der Waals surface area contributed by atoms with Crippen molar-refractivity contribution in [2.45, 2.75) is 77.4 Å². The molecule has 1 N–H and O–H groups in total. The molecule has 1 aromatic rings. The van der Waals surface area contributed by atoms with Crippen molar-refractivity contribution in [3.05, 3.63) is 5.82 Å². The lowest BCUT2D eigenvalue weighted by molar-refractivity contribution is -0.0636. The fourth-order valence-electron chi connectivity index (χ4n) is 2.79. The summed E-state index contributed by atoms with van der Waals surface area (Å²) in [5, 5.41) is 7.40. The average Bonchev–Trinajstić information content (AvgIpc) is 2.67. The molecule has 2 rings (SSSR count). The van der Waals surface area contributed by atoms with Gasteiger partial charge in [0, 0.05) is 12.1 Å². The summed E-state index contributed by atoms with van der Waals surface area (Å²) in [4.78, 5) is 4.54. The highest BCUT2D eigenvalue weighted by molar-refractivity contribution is 5.24. The van der Waals surface area contributed by atoms with Gasteiger partial charge >= 0.3 is 6.01 Å². The quantitative estimate of drug-likeness (QED) is 0.849. The molecule has 1 saturated carbocycles. The van der Waals surface area contributed by atoms with Gasteiger partial charge in [0.1, 0.15) is 5.60 Å². The number of aromatic nitrogens is 2. The van der Waals surface area contributed by atoms with Gasteiger partial charge in [-0.2, -0.15) is 4.98 Å². The van der Waals surface area contributed by atoms with Gasteiger partial charge in [-0.1, -0.05) is 30.8 Å². The Bertz CT molecular complexity index is 415. The van der Waals surface area contributed by atoms with E-state index in [2.05, 4.69) is 36.2 Å². The fraction of sp³-hybridized carbons (Fsp3) is 0.867. The Morgan fingerprint density at radius 1 is 1.20 bits per heavy atom. The van der Waals surface area contributed by atoms with E-state index in [4.69, 9.17) is 9.26 Å². The maximum atomic E-state index is 6.07. The van der Waals surface area contributed by atoms with Crippen LogP contribution in [0.2, 0.25) is 0 Å². The third-order valence-corrected chi connectivity index (χ3v) is 3.65. The Balaban J connectivity index is 2.20. The molecule has 20 heavy (non-hydrogen) atoms. The van der Waals surface area contributed by atoms with Gasteiger partial charge in [-0.15, -0.1) is 0 Å². The minimum atomic E-state index is -0.355. The first kappa shape index (κ1) is 15.3. The molecule has 5 nitrogen and oxygen atoms in total. The molecular weight excluding hydrogens is 254 g/mol. The van der Waals surface area contributed by atoms with Crippen LogP contribution in [-0.4, -0.2) is 22.3 Å². The predicted octanol–water partition coefficient (Wildman–Crippen LogP) is 3.87. The lowest BCUT2D eigenvalue weighted by atomic mass is 9.93. The summed E-state index contributed by atoms with van der Waals surface area (Å²) in [6, 6.07) is 0.482. The monoisotopic (exact) mass is 281 g/mol. The SMILES string of the molecule is CCOC1(c2noc(NC(C)(C)C)n2)CCCCCC1. The fourth-order valence-corrected chi connectivity index (χ4v) is 2.79. The van der Waals surface area contributed by atoms with E-state index in [1.807, 2.05) is 6.92 Å². The van der Waals surface area contributed by atoms with Gasteiger partial charge in [0.25, 0.3) is 0 Å². The molecule has 0 radical (unpaired) electrons. The number of hydrogen-bond donors (Lipinski definition) is 1. The molecule has 0 unspecified atom stereocenters. The normalized spacial score (nSPS) is 19.6. The molecule has 1 aliphatic rings. The number of nitrogens with zero attached hydrogens (tertiary/aromatic N) is 2. The van der Waals surface area contributed by atoms with Crippen molar-refractivity contribution in [1.29, 1.82) is 0 Å². The number of ether oxygens (including phenoxy) is 1. The predicted molar refractivity (Wildman–Crippen MR) is 78.7 cm³/mol. The smallest absolute Gasteiger partial charge is 0.321 e. The van der Waals surface area contributed by atoms with Crippen LogP contribution in [0.15, 0.2) is 4.52 Å². The average molecular weight is 281 g/mol. The van der Waals surface area contributed by atoms with Crippen LogP contribution in [0, 0.1) is 0 Å².